The normalized spacial score (nSPS) is 10.0. The van der Waals surface area contributed by atoms with E-state index >= 15 is 0 Å². The molecule has 0 saturated carbocycles. The number of hydrogen-bond acceptors (Lipinski definition) is 2. The lowest BCUT2D eigenvalue weighted by molar-refractivity contribution is -0.129. The van der Waals surface area contributed by atoms with Crippen molar-refractivity contribution >= 4 is 23.1 Å². The molecule has 1 amide bonds. The molecule has 92 valence electrons. The van der Waals surface area contributed by atoms with Gasteiger partial charge in [0.05, 0.1) is 18.0 Å². The third-order valence-corrected chi connectivity index (χ3v) is 2.51. The van der Waals surface area contributed by atoms with Gasteiger partial charge in [0.25, 0.3) is 0 Å². The van der Waals surface area contributed by atoms with Crippen molar-refractivity contribution in [2.75, 3.05) is 13.1 Å². The summed E-state index contributed by atoms with van der Waals surface area (Å²) >= 11 is 4.76. The van der Waals surface area contributed by atoms with E-state index in [9.17, 15) is 9.18 Å². The molecule has 0 fully saturated rings. The summed E-state index contributed by atoms with van der Waals surface area (Å²) in [4.78, 5) is 13.6. The zero-order valence-electron chi connectivity index (χ0n) is 9.65. The first kappa shape index (κ1) is 13.6. The first-order valence-corrected chi connectivity index (χ1v) is 5.75. The van der Waals surface area contributed by atoms with Crippen molar-refractivity contribution in [2.45, 2.75) is 13.3 Å². The van der Waals surface area contributed by atoms with Crippen LogP contribution in [0.5, 0.6) is 0 Å². The Kier molecular flexibility index (Phi) is 5.03. The van der Waals surface area contributed by atoms with Crippen molar-refractivity contribution < 1.29 is 9.18 Å². The van der Waals surface area contributed by atoms with Crippen molar-refractivity contribution in [2.24, 2.45) is 5.73 Å². The average molecular weight is 254 g/mol. The van der Waals surface area contributed by atoms with Crippen LogP contribution in [0.3, 0.4) is 0 Å². The zero-order chi connectivity index (χ0) is 12.8. The second-order valence-corrected chi connectivity index (χ2v) is 4.17. The molecule has 5 heteroatoms. The Labute approximate surface area is 105 Å². The molecule has 0 atom stereocenters. The fraction of sp³-hybridized carbons (Fsp3) is 0.333. The lowest BCUT2D eigenvalue weighted by Gasteiger charge is -2.20. The Balaban J connectivity index is 2.71. The largest absolute Gasteiger partial charge is 0.392 e. The van der Waals surface area contributed by atoms with Crippen molar-refractivity contribution in [3.8, 4) is 0 Å². The van der Waals surface area contributed by atoms with Crippen LogP contribution in [-0.4, -0.2) is 28.9 Å². The molecule has 0 heterocycles. The van der Waals surface area contributed by atoms with E-state index in [1.54, 1.807) is 18.2 Å². The summed E-state index contributed by atoms with van der Waals surface area (Å²) < 4.78 is 13.4. The molecule has 0 bridgehead atoms. The number of carbonyl (C=O) groups excluding carboxylic acids is 1. The summed E-state index contributed by atoms with van der Waals surface area (Å²) in [7, 11) is 0. The predicted molar refractivity (Wildman–Crippen MR) is 69.1 cm³/mol. The van der Waals surface area contributed by atoms with Crippen molar-refractivity contribution in [1.29, 1.82) is 0 Å². The molecule has 0 unspecified atom stereocenters. The van der Waals surface area contributed by atoms with Gasteiger partial charge in [0.2, 0.25) is 5.91 Å². The van der Waals surface area contributed by atoms with Gasteiger partial charge in [0.1, 0.15) is 5.82 Å². The van der Waals surface area contributed by atoms with Gasteiger partial charge in [-0.2, -0.15) is 0 Å². The minimum Gasteiger partial charge on any atom is -0.392 e. The van der Waals surface area contributed by atoms with Crippen LogP contribution in [0, 0.1) is 5.82 Å². The summed E-state index contributed by atoms with van der Waals surface area (Å²) in [6, 6.07) is 6.24. The van der Waals surface area contributed by atoms with E-state index in [1.807, 2.05) is 6.92 Å². The number of nitrogens with zero attached hydrogens (tertiary/aromatic N) is 1. The lowest BCUT2D eigenvalue weighted by Crippen LogP contribution is -2.38. The monoisotopic (exact) mass is 254 g/mol. The van der Waals surface area contributed by atoms with Crippen LogP contribution >= 0.6 is 12.2 Å². The number of likely N-dealkylation sites (N-methyl/N-ethyl adjacent to an activating group) is 1. The summed E-state index contributed by atoms with van der Waals surface area (Å²) in [5.41, 5.74) is 5.78. The Hall–Kier alpha value is -1.49. The quantitative estimate of drug-likeness (QED) is 0.810. The SMILES string of the molecule is CCN(CC(N)=S)C(=O)Cc1ccccc1F. The second-order valence-electron chi connectivity index (χ2n) is 3.64. The highest BCUT2D eigenvalue weighted by Gasteiger charge is 2.14. The van der Waals surface area contributed by atoms with Gasteiger partial charge in [-0.25, -0.2) is 4.39 Å². The van der Waals surface area contributed by atoms with E-state index in [0.717, 1.165) is 0 Å². The Morgan fingerprint density at radius 2 is 2.12 bits per heavy atom. The number of hydrogen-bond donors (Lipinski definition) is 1. The van der Waals surface area contributed by atoms with Gasteiger partial charge in [0, 0.05) is 6.54 Å². The van der Waals surface area contributed by atoms with Gasteiger partial charge in [-0.3, -0.25) is 4.79 Å². The maximum absolute atomic E-state index is 13.4. The van der Waals surface area contributed by atoms with Gasteiger partial charge in [0.15, 0.2) is 0 Å². The topological polar surface area (TPSA) is 46.3 Å². The highest BCUT2D eigenvalue weighted by molar-refractivity contribution is 7.80. The van der Waals surface area contributed by atoms with Crippen molar-refractivity contribution in [3.05, 3.63) is 35.6 Å². The van der Waals surface area contributed by atoms with Gasteiger partial charge >= 0.3 is 0 Å². The maximum Gasteiger partial charge on any atom is 0.227 e. The summed E-state index contributed by atoms with van der Waals surface area (Å²) in [5.74, 6) is -0.544. The highest BCUT2D eigenvalue weighted by atomic mass is 32.1. The van der Waals surface area contributed by atoms with Crippen LogP contribution in [0.2, 0.25) is 0 Å². The smallest absolute Gasteiger partial charge is 0.227 e. The summed E-state index contributed by atoms with van der Waals surface area (Å²) in [6.07, 6.45) is 0.0309. The van der Waals surface area contributed by atoms with E-state index < -0.39 is 0 Å². The van der Waals surface area contributed by atoms with Crippen molar-refractivity contribution in [3.63, 3.8) is 0 Å². The molecule has 0 spiro atoms. The van der Waals surface area contributed by atoms with E-state index in [-0.39, 0.29) is 29.7 Å². The molecule has 0 aliphatic rings. The summed E-state index contributed by atoms with van der Waals surface area (Å²) in [5, 5.41) is 0. The van der Waals surface area contributed by atoms with Crippen LogP contribution in [0.15, 0.2) is 24.3 Å². The molecule has 1 aromatic rings. The Morgan fingerprint density at radius 1 is 1.47 bits per heavy atom. The maximum atomic E-state index is 13.4. The number of carbonyl (C=O) groups is 1. The molecule has 0 aliphatic heterocycles. The number of nitrogens with two attached hydrogens (primary N) is 1. The van der Waals surface area contributed by atoms with Gasteiger partial charge in [-0.1, -0.05) is 30.4 Å². The van der Waals surface area contributed by atoms with Crippen LogP contribution in [0.1, 0.15) is 12.5 Å². The zero-order valence-corrected chi connectivity index (χ0v) is 10.5. The lowest BCUT2D eigenvalue weighted by atomic mass is 10.1. The van der Waals surface area contributed by atoms with E-state index in [4.69, 9.17) is 18.0 Å². The van der Waals surface area contributed by atoms with Crippen molar-refractivity contribution in [1.82, 2.24) is 4.90 Å². The van der Waals surface area contributed by atoms with Crippen LogP contribution in [0.25, 0.3) is 0 Å². The van der Waals surface area contributed by atoms with E-state index in [1.165, 1.54) is 11.0 Å². The fourth-order valence-corrected chi connectivity index (χ4v) is 1.64. The molecule has 0 radical (unpaired) electrons. The Bertz CT molecular complexity index is 423. The van der Waals surface area contributed by atoms with Gasteiger partial charge in [-0.15, -0.1) is 0 Å². The number of thiocarbonyl (C=S) groups is 1. The number of halogens is 1. The minimum atomic E-state index is -0.368. The van der Waals surface area contributed by atoms with Crippen LogP contribution in [0.4, 0.5) is 4.39 Å². The number of rotatable bonds is 5. The van der Waals surface area contributed by atoms with Gasteiger partial charge in [-0.05, 0) is 18.6 Å². The molecule has 0 aliphatic carbocycles. The van der Waals surface area contributed by atoms with E-state index in [0.29, 0.717) is 12.1 Å². The molecule has 0 saturated heterocycles. The molecule has 1 aromatic carbocycles. The standard InChI is InChI=1S/C12H15FN2OS/c1-2-15(8-11(14)17)12(16)7-9-5-3-4-6-10(9)13/h3-6H,2,7-8H2,1H3,(H2,14,17). The molecule has 1 rings (SSSR count). The molecule has 0 aromatic heterocycles. The highest BCUT2D eigenvalue weighted by Crippen LogP contribution is 2.08. The van der Waals surface area contributed by atoms with Crippen LogP contribution in [-0.2, 0) is 11.2 Å². The second kappa shape index (κ2) is 6.30. The predicted octanol–water partition coefficient (Wildman–Crippen LogP) is 1.50. The third kappa shape index (κ3) is 4.11. The Morgan fingerprint density at radius 3 is 2.65 bits per heavy atom. The number of benzene rings is 1. The molecular formula is C12H15FN2OS. The fourth-order valence-electron chi connectivity index (χ4n) is 1.48. The third-order valence-electron chi connectivity index (χ3n) is 2.38. The number of amides is 1. The van der Waals surface area contributed by atoms with E-state index in [2.05, 4.69) is 0 Å². The minimum absolute atomic E-state index is 0.0309. The first-order chi connectivity index (χ1) is 8.04. The molecular weight excluding hydrogens is 239 g/mol. The molecule has 3 nitrogen and oxygen atoms in total. The first-order valence-electron chi connectivity index (χ1n) is 5.34. The van der Waals surface area contributed by atoms with Gasteiger partial charge < -0.3 is 10.6 Å². The average Bonchev–Trinajstić information content (AvgIpc) is 2.28. The molecule has 2 N–H and O–H groups in total. The van der Waals surface area contributed by atoms with Crippen LogP contribution < -0.4 is 5.73 Å². The summed E-state index contributed by atoms with van der Waals surface area (Å²) in [6.45, 7) is 2.57. The molecule has 17 heavy (non-hydrogen) atoms.